The Labute approximate surface area is 407 Å². The summed E-state index contributed by atoms with van der Waals surface area (Å²) in [6.07, 6.45) is 0.857. The van der Waals surface area contributed by atoms with Crippen LogP contribution < -0.4 is 54.4 Å². The molecule has 0 spiro atoms. The van der Waals surface area contributed by atoms with Gasteiger partial charge >= 0.3 is 0 Å². The van der Waals surface area contributed by atoms with Gasteiger partial charge in [0.25, 0.3) is 0 Å². The zero-order valence-electron chi connectivity index (χ0n) is 38.3. The molecule has 69 heavy (non-hydrogen) atoms. The van der Waals surface area contributed by atoms with Crippen molar-refractivity contribution in [3.8, 4) is 11.5 Å². The monoisotopic (exact) mass is 994 g/mol. The first kappa shape index (κ1) is 55.2. The Hall–Kier alpha value is -6.40. The third-order valence-electron chi connectivity index (χ3n) is 10.9. The number of phenols is 2. The van der Waals surface area contributed by atoms with E-state index in [1.54, 1.807) is 56.3 Å². The van der Waals surface area contributed by atoms with Crippen LogP contribution in [-0.2, 0) is 57.6 Å². The summed E-state index contributed by atoms with van der Waals surface area (Å²) in [4.78, 5) is 110. The van der Waals surface area contributed by atoms with Crippen LogP contribution in [0.2, 0.25) is 0 Å². The number of aliphatic hydroxyl groups is 1. The highest BCUT2D eigenvalue weighted by Crippen LogP contribution is 2.39. The molecule has 0 saturated carbocycles. The van der Waals surface area contributed by atoms with E-state index in [-0.39, 0.29) is 42.9 Å². The number of hydrogen-bond donors (Lipinski definition) is 13. The molecule has 16 N–H and O–H groups in total. The number of nitrogens with two attached hydrogens (primary N) is 3. The van der Waals surface area contributed by atoms with Crippen molar-refractivity contribution in [2.24, 2.45) is 17.2 Å². The van der Waals surface area contributed by atoms with Gasteiger partial charge < -0.3 is 69.7 Å². The van der Waals surface area contributed by atoms with Gasteiger partial charge in [-0.05, 0) is 87.0 Å². The van der Waals surface area contributed by atoms with E-state index in [2.05, 4.69) is 37.2 Å². The van der Waals surface area contributed by atoms with E-state index < -0.39 is 107 Å². The number of primary amides is 1. The summed E-state index contributed by atoms with van der Waals surface area (Å²) in [6, 6.07) is 10.7. The summed E-state index contributed by atoms with van der Waals surface area (Å²) >= 11 is 0. The lowest BCUT2D eigenvalue weighted by Crippen LogP contribution is -2.62. The van der Waals surface area contributed by atoms with Crippen molar-refractivity contribution in [2.75, 3.05) is 25.4 Å². The van der Waals surface area contributed by atoms with Crippen molar-refractivity contribution < 1.29 is 53.7 Å². The second-order valence-corrected chi connectivity index (χ2v) is 19.9. The van der Waals surface area contributed by atoms with E-state index in [0.29, 0.717) is 36.1 Å². The quantitative estimate of drug-likeness (QED) is 0.0560. The van der Waals surface area contributed by atoms with Gasteiger partial charge in [0, 0.05) is 23.3 Å². The molecule has 3 aromatic carbocycles. The molecule has 374 valence electrons. The van der Waals surface area contributed by atoms with Gasteiger partial charge in [-0.15, -0.1) is 0 Å². The number of amides is 8. The van der Waals surface area contributed by atoms with Crippen molar-refractivity contribution in [3.05, 3.63) is 95.6 Å². The molecular weight excluding hydrogens is 933 g/mol. The maximum absolute atomic E-state index is 14.6. The normalized spacial score (nSPS) is 21.7. The maximum atomic E-state index is 14.6. The second-order valence-electron chi connectivity index (χ2n) is 16.9. The topological polar surface area (TPSA) is 360 Å². The Balaban J connectivity index is 1.76. The molecule has 1 aliphatic rings. The van der Waals surface area contributed by atoms with E-state index >= 15 is 0 Å². The molecule has 1 unspecified atom stereocenters. The van der Waals surface area contributed by atoms with E-state index in [0.717, 1.165) is 21.6 Å². The van der Waals surface area contributed by atoms with Crippen LogP contribution in [0.25, 0.3) is 0 Å². The second kappa shape index (κ2) is 27.0. The van der Waals surface area contributed by atoms with Crippen LogP contribution in [0.4, 0.5) is 0 Å². The molecule has 21 nitrogen and oxygen atoms in total. The Bertz CT molecular complexity index is 2240. The fourth-order valence-electron chi connectivity index (χ4n) is 6.98. The lowest BCUT2D eigenvalue weighted by Gasteiger charge is -2.35. The number of unbranched alkanes of at least 4 members (excludes halogenated alkanes) is 1. The molecule has 23 heteroatoms. The molecule has 7 atom stereocenters. The van der Waals surface area contributed by atoms with E-state index in [1.165, 1.54) is 36.4 Å². The molecule has 1 fully saturated rings. The number of hydrogen-bond acceptors (Lipinski definition) is 15. The highest BCUT2D eigenvalue weighted by atomic mass is 33.1. The van der Waals surface area contributed by atoms with E-state index in [4.69, 9.17) is 17.2 Å². The number of aliphatic hydroxyl groups excluding tert-OH is 1. The predicted octanol–water partition coefficient (Wildman–Crippen LogP) is -1.74. The fraction of sp³-hybridized carbons (Fsp3) is 0.435. The summed E-state index contributed by atoms with van der Waals surface area (Å²) < 4.78 is -1.31. The minimum atomic E-state index is -1.62. The number of nitrogens with one attached hydrogen (secondary N) is 7. The largest absolute Gasteiger partial charge is 0.508 e. The zero-order chi connectivity index (χ0) is 50.7. The first-order valence-corrected chi connectivity index (χ1v) is 24.5. The SMILES string of the molecule is CC1(C)SSCC(C(=O)N[C@@H](CCCCN)C(N)=O)NC(=O)[C@H](Cc2ccccc2)NC(=O)[C@H](CO)NC(=O)CNC(=O)[C@H](Cc2ccc(O)cc2)NC(=O)[C@H]1NC(=O)[C@@H](N)Cc1ccc(O)cc1. The summed E-state index contributed by atoms with van der Waals surface area (Å²) in [5.41, 5.74) is 19.3. The van der Waals surface area contributed by atoms with Crippen LogP contribution in [0.1, 0.15) is 49.8 Å². The number of aromatic hydroxyl groups is 2. The lowest BCUT2D eigenvalue weighted by molar-refractivity contribution is -0.135. The average molecular weight is 995 g/mol. The van der Waals surface area contributed by atoms with Gasteiger partial charge in [0.05, 0.1) is 19.2 Å². The van der Waals surface area contributed by atoms with Crippen molar-refractivity contribution in [3.63, 3.8) is 0 Å². The van der Waals surface area contributed by atoms with Gasteiger partial charge in [0.2, 0.25) is 47.3 Å². The summed E-state index contributed by atoms with van der Waals surface area (Å²) in [5, 5.41) is 47.9. The minimum Gasteiger partial charge on any atom is -0.508 e. The number of rotatable bonds is 16. The molecule has 4 rings (SSSR count). The Morgan fingerprint density at radius 1 is 0.754 bits per heavy atom. The van der Waals surface area contributed by atoms with Crippen molar-refractivity contribution in [1.82, 2.24) is 37.2 Å². The Kier molecular flexibility index (Phi) is 21.6. The molecule has 3 aromatic rings. The van der Waals surface area contributed by atoms with Crippen LogP contribution in [0.5, 0.6) is 11.5 Å². The van der Waals surface area contributed by atoms with Crippen LogP contribution in [0.15, 0.2) is 78.9 Å². The third kappa shape index (κ3) is 17.9. The number of carbonyl (C=O) groups is 8. The van der Waals surface area contributed by atoms with Crippen LogP contribution in [0.3, 0.4) is 0 Å². The van der Waals surface area contributed by atoms with Crippen LogP contribution >= 0.6 is 21.6 Å². The smallest absolute Gasteiger partial charge is 0.245 e. The average Bonchev–Trinajstić information content (AvgIpc) is 3.31. The van der Waals surface area contributed by atoms with E-state index in [9.17, 15) is 53.7 Å². The standard InChI is InChI=1S/C46H62N10O11S2/c1-46(2)38(56-40(62)31(48)20-27-11-15-29(58)16-12-27)45(67)54-33(22-28-13-17-30(59)18-14-28)41(63)50-23-37(60)51-35(24-57)43(65)53-34(21-26-8-4-3-5-9-26)42(64)55-36(25-68-69-46)44(66)52-32(39(49)61)10-6-7-19-47/h3-5,8-9,11-18,31-36,38,57-59H,6-7,10,19-25,47-48H2,1-2H3,(H2,49,61)(H,50,63)(H,51,60)(H,52,66)(H,53,65)(H,54,67)(H,55,64)(H,56,62)/t31-,32-,33-,34-,35-,36?,38+/m0/s1. The predicted molar refractivity (Wildman–Crippen MR) is 260 cm³/mol. The molecular formula is C46H62N10O11S2. The van der Waals surface area contributed by atoms with Gasteiger partial charge in [-0.25, -0.2) is 0 Å². The molecule has 0 aliphatic carbocycles. The van der Waals surface area contributed by atoms with Gasteiger partial charge in [-0.2, -0.15) is 0 Å². The molecule has 0 radical (unpaired) electrons. The Morgan fingerprint density at radius 2 is 1.32 bits per heavy atom. The number of phenolic OH excluding ortho intramolecular Hbond substituents is 2. The fourth-order valence-corrected chi connectivity index (χ4v) is 9.80. The molecule has 1 heterocycles. The van der Waals surface area contributed by atoms with Crippen molar-refractivity contribution in [1.29, 1.82) is 0 Å². The van der Waals surface area contributed by atoms with Gasteiger partial charge in [-0.3, -0.25) is 38.4 Å². The maximum Gasteiger partial charge on any atom is 0.245 e. The summed E-state index contributed by atoms with van der Waals surface area (Å²) in [7, 11) is 2.05. The first-order chi connectivity index (χ1) is 32.8. The Morgan fingerprint density at radius 3 is 1.91 bits per heavy atom. The van der Waals surface area contributed by atoms with Crippen LogP contribution in [0, 0.1) is 0 Å². The van der Waals surface area contributed by atoms with Crippen molar-refractivity contribution >= 4 is 68.8 Å². The van der Waals surface area contributed by atoms with Crippen molar-refractivity contribution in [2.45, 2.75) is 99.4 Å². The molecule has 1 saturated heterocycles. The number of carbonyl (C=O) groups excluding carboxylic acids is 8. The van der Waals surface area contributed by atoms with E-state index in [1.807, 2.05) is 0 Å². The van der Waals surface area contributed by atoms with Gasteiger partial charge in [0.1, 0.15) is 47.8 Å². The zero-order valence-corrected chi connectivity index (χ0v) is 39.9. The van der Waals surface area contributed by atoms with Crippen LogP contribution in [-0.4, -0.2) is 135 Å². The third-order valence-corrected chi connectivity index (χ3v) is 14.2. The summed E-state index contributed by atoms with van der Waals surface area (Å²) in [5.74, 6) is -7.17. The summed E-state index contributed by atoms with van der Waals surface area (Å²) in [6.45, 7) is 1.89. The molecule has 0 aromatic heterocycles. The lowest BCUT2D eigenvalue weighted by atomic mass is 9.99. The number of benzene rings is 3. The van der Waals surface area contributed by atoms with Gasteiger partial charge in [0.15, 0.2) is 0 Å². The molecule has 1 aliphatic heterocycles. The molecule has 0 bridgehead atoms. The first-order valence-electron chi connectivity index (χ1n) is 22.1. The highest BCUT2D eigenvalue weighted by Gasteiger charge is 2.41. The van der Waals surface area contributed by atoms with Gasteiger partial charge in [-0.1, -0.05) is 76.2 Å². The molecule has 8 amide bonds. The minimum absolute atomic E-state index is 0.00198. The highest BCUT2D eigenvalue weighted by molar-refractivity contribution is 8.77.